The van der Waals surface area contributed by atoms with Crippen LogP contribution in [-0.4, -0.2) is 33.2 Å². The van der Waals surface area contributed by atoms with Gasteiger partial charge in [-0.3, -0.25) is 0 Å². The van der Waals surface area contributed by atoms with Crippen LogP contribution in [0.3, 0.4) is 0 Å². The van der Waals surface area contributed by atoms with Crippen LogP contribution in [0.1, 0.15) is 160 Å². The highest BCUT2D eigenvalue weighted by atomic mass is 16.5. The first-order valence-electron chi connectivity index (χ1n) is 19.3. The molecule has 0 atom stereocenters. The molecule has 57 heavy (non-hydrogen) atoms. The molecule has 0 fully saturated rings. The minimum absolute atomic E-state index is 0.00162. The molecule has 0 bridgehead atoms. The van der Waals surface area contributed by atoms with E-state index in [1.54, 1.807) is 20.8 Å². The highest BCUT2D eigenvalue weighted by Crippen LogP contribution is 2.39. The van der Waals surface area contributed by atoms with Gasteiger partial charge in [-0.1, -0.05) is 80.5 Å². The van der Waals surface area contributed by atoms with Gasteiger partial charge in [0.05, 0.1) is 16.7 Å². The van der Waals surface area contributed by atoms with Crippen LogP contribution in [0.15, 0.2) is 36.4 Å². The molecular weight excluding hydrogens is 721 g/mol. The van der Waals surface area contributed by atoms with Gasteiger partial charge in [-0.25, -0.2) is 14.4 Å². The summed E-state index contributed by atoms with van der Waals surface area (Å²) in [4.78, 5) is 41.2. The molecule has 0 unspecified atom stereocenters. The zero-order valence-corrected chi connectivity index (χ0v) is 36.4. The van der Waals surface area contributed by atoms with Crippen LogP contribution in [0.2, 0.25) is 0 Å². The molecule has 0 spiro atoms. The molecule has 0 aromatic heterocycles. The summed E-state index contributed by atoms with van der Waals surface area (Å²) < 4.78 is 17.3. The van der Waals surface area contributed by atoms with Gasteiger partial charge < -0.3 is 29.5 Å². The molecular formula is C48H60O9. The number of carbonyl (C=O) groups excluding carboxylic acids is 3. The van der Waals surface area contributed by atoms with E-state index >= 15 is 0 Å². The first kappa shape index (κ1) is 44.4. The largest absolute Gasteiger partial charge is 0.507 e. The van der Waals surface area contributed by atoms with Gasteiger partial charge in [0.2, 0.25) is 0 Å². The minimum atomic E-state index is -0.885. The zero-order valence-electron chi connectivity index (χ0n) is 36.4. The maximum atomic E-state index is 13.9. The number of aromatic hydroxyl groups is 3. The second kappa shape index (κ2) is 16.3. The van der Waals surface area contributed by atoms with Crippen molar-refractivity contribution in [2.75, 3.05) is 0 Å². The van der Waals surface area contributed by atoms with Crippen molar-refractivity contribution in [1.29, 1.82) is 0 Å². The van der Waals surface area contributed by atoms with Gasteiger partial charge in [0.1, 0.15) is 37.1 Å². The Hall–Kier alpha value is -5.31. The van der Waals surface area contributed by atoms with Crippen LogP contribution in [0.5, 0.6) is 17.2 Å². The van der Waals surface area contributed by atoms with Crippen LogP contribution >= 0.6 is 0 Å². The molecule has 0 amide bonds. The summed E-state index contributed by atoms with van der Waals surface area (Å²) in [6, 6.07) is 9.61. The summed E-state index contributed by atoms with van der Waals surface area (Å²) in [5.41, 5.74) is 7.23. The van der Waals surface area contributed by atoms with E-state index in [1.165, 1.54) is 18.2 Å². The van der Waals surface area contributed by atoms with Gasteiger partial charge >= 0.3 is 17.9 Å². The summed E-state index contributed by atoms with van der Waals surface area (Å²) in [7, 11) is 0. The molecule has 0 aliphatic heterocycles. The van der Waals surface area contributed by atoms with E-state index in [0.717, 1.165) is 33.4 Å². The van der Waals surface area contributed by atoms with E-state index in [0.29, 0.717) is 33.4 Å². The van der Waals surface area contributed by atoms with Crippen molar-refractivity contribution in [3.05, 3.63) is 120 Å². The Morgan fingerprint density at radius 3 is 1.07 bits per heavy atom. The van der Waals surface area contributed by atoms with E-state index in [2.05, 4.69) is 0 Å². The lowest BCUT2D eigenvalue weighted by Gasteiger charge is -2.24. The van der Waals surface area contributed by atoms with E-state index in [-0.39, 0.29) is 70.0 Å². The van der Waals surface area contributed by atoms with Crippen LogP contribution in [0.25, 0.3) is 0 Å². The van der Waals surface area contributed by atoms with E-state index in [1.807, 2.05) is 101 Å². The van der Waals surface area contributed by atoms with Crippen molar-refractivity contribution in [2.45, 2.75) is 140 Å². The molecule has 0 saturated carbocycles. The molecule has 0 radical (unpaired) electrons. The lowest BCUT2D eigenvalue weighted by Crippen LogP contribution is -2.18. The van der Waals surface area contributed by atoms with Crippen LogP contribution < -0.4 is 0 Å². The van der Waals surface area contributed by atoms with Crippen molar-refractivity contribution < 1.29 is 43.9 Å². The SMILES string of the molecule is Cc1cc(C(C)(C)C)c(O)c(C)c1COC(=O)c1ccc(C(=O)OCc2c(C)cc(C(C)(C)C)c(O)c2C)c(C(=O)OCc2c(C)cc(C(C)(C)C)c(O)c2C)c1. The fraction of sp³-hybridized carbons (Fsp3) is 0.438. The number of phenols is 3. The Bertz CT molecular complexity index is 2240. The third kappa shape index (κ3) is 9.46. The molecule has 0 aliphatic carbocycles. The highest BCUT2D eigenvalue weighted by molar-refractivity contribution is 6.05. The number of rotatable bonds is 9. The molecule has 0 heterocycles. The van der Waals surface area contributed by atoms with Gasteiger partial charge in [-0.2, -0.15) is 0 Å². The fourth-order valence-electron chi connectivity index (χ4n) is 7.09. The van der Waals surface area contributed by atoms with Gasteiger partial charge in [0.25, 0.3) is 0 Å². The van der Waals surface area contributed by atoms with Crippen LogP contribution in [0, 0.1) is 41.5 Å². The average Bonchev–Trinajstić information content (AvgIpc) is 3.10. The quantitative estimate of drug-likeness (QED) is 0.112. The summed E-state index contributed by atoms with van der Waals surface area (Å²) >= 11 is 0. The van der Waals surface area contributed by atoms with Gasteiger partial charge in [0.15, 0.2) is 0 Å². The number of carbonyl (C=O) groups is 3. The number of aryl methyl sites for hydroxylation is 3. The van der Waals surface area contributed by atoms with Crippen molar-refractivity contribution in [3.63, 3.8) is 0 Å². The fourth-order valence-corrected chi connectivity index (χ4v) is 7.09. The molecule has 4 aromatic rings. The highest BCUT2D eigenvalue weighted by Gasteiger charge is 2.28. The van der Waals surface area contributed by atoms with Crippen molar-refractivity contribution in [1.82, 2.24) is 0 Å². The monoisotopic (exact) mass is 780 g/mol. The normalized spacial score (nSPS) is 12.1. The van der Waals surface area contributed by atoms with Crippen molar-refractivity contribution in [3.8, 4) is 17.2 Å². The molecule has 4 rings (SSSR count). The smallest absolute Gasteiger partial charge is 0.339 e. The lowest BCUT2D eigenvalue weighted by atomic mass is 9.83. The Morgan fingerprint density at radius 1 is 0.456 bits per heavy atom. The molecule has 9 nitrogen and oxygen atoms in total. The van der Waals surface area contributed by atoms with Crippen molar-refractivity contribution in [2.24, 2.45) is 0 Å². The topological polar surface area (TPSA) is 140 Å². The number of hydrogen-bond donors (Lipinski definition) is 3. The zero-order chi connectivity index (χ0) is 43.1. The average molecular weight is 781 g/mol. The molecule has 9 heteroatoms. The molecule has 4 aromatic carbocycles. The first-order chi connectivity index (χ1) is 26.2. The molecule has 0 aliphatic rings. The number of hydrogen-bond acceptors (Lipinski definition) is 9. The number of phenolic OH excluding ortho intramolecular Hbond substituents is 3. The Kier molecular flexibility index (Phi) is 12.7. The molecule has 3 N–H and O–H groups in total. The molecule has 0 saturated heterocycles. The Balaban J connectivity index is 1.69. The van der Waals surface area contributed by atoms with Gasteiger partial charge in [-0.05, 0) is 143 Å². The van der Waals surface area contributed by atoms with Gasteiger partial charge in [-0.15, -0.1) is 0 Å². The maximum Gasteiger partial charge on any atom is 0.339 e. The Morgan fingerprint density at radius 2 is 0.754 bits per heavy atom. The molecule has 306 valence electrons. The van der Waals surface area contributed by atoms with E-state index in [9.17, 15) is 29.7 Å². The number of ether oxygens (including phenoxy) is 3. The maximum absolute atomic E-state index is 13.9. The van der Waals surface area contributed by atoms with Crippen molar-refractivity contribution >= 4 is 17.9 Å². The second-order valence-electron chi connectivity index (χ2n) is 18.3. The number of esters is 3. The second-order valence-corrected chi connectivity index (χ2v) is 18.3. The van der Waals surface area contributed by atoms with Crippen LogP contribution in [0.4, 0.5) is 0 Å². The lowest BCUT2D eigenvalue weighted by molar-refractivity contribution is 0.0421. The first-order valence-corrected chi connectivity index (χ1v) is 19.3. The predicted molar refractivity (Wildman–Crippen MR) is 223 cm³/mol. The summed E-state index contributed by atoms with van der Waals surface area (Å²) in [5, 5.41) is 33.0. The standard InChI is InChI=1S/C48H60O9/c1-25-18-37(46(7,8)9)40(49)28(4)34(25)22-55-43(52)31-16-17-32(44(53)56-23-35-26(2)19-38(47(10,11)12)41(50)29(35)5)33(21-31)45(54)57-24-36-27(3)20-39(48(13,14)15)42(51)30(36)6/h16-21,49-51H,22-24H2,1-15H3. The van der Waals surface area contributed by atoms with E-state index in [4.69, 9.17) is 14.2 Å². The summed E-state index contributed by atoms with van der Waals surface area (Å²) in [5.74, 6) is -2.08. The number of benzene rings is 4. The third-order valence-electron chi connectivity index (χ3n) is 10.9. The third-order valence-corrected chi connectivity index (χ3v) is 10.9. The van der Waals surface area contributed by atoms with E-state index < -0.39 is 17.9 Å². The van der Waals surface area contributed by atoms with Gasteiger partial charge in [0, 0.05) is 0 Å². The summed E-state index contributed by atoms with van der Waals surface area (Å²) in [6.45, 7) is 28.5. The summed E-state index contributed by atoms with van der Waals surface area (Å²) in [6.07, 6.45) is 0. The predicted octanol–water partition coefficient (Wildman–Crippen LogP) is 10.6. The minimum Gasteiger partial charge on any atom is -0.507 e. The Labute approximate surface area is 338 Å². The van der Waals surface area contributed by atoms with Crippen LogP contribution in [-0.2, 0) is 50.3 Å².